The van der Waals surface area contributed by atoms with Crippen molar-refractivity contribution in [1.82, 2.24) is 0 Å². The summed E-state index contributed by atoms with van der Waals surface area (Å²) in [7, 11) is 1.66. The minimum Gasteiger partial charge on any atom is -0.493 e. The molecule has 27 heavy (non-hydrogen) atoms. The third-order valence-corrected chi connectivity index (χ3v) is 5.15. The zero-order valence-corrected chi connectivity index (χ0v) is 15.1. The average Bonchev–Trinajstić information content (AvgIpc) is 3.07. The average molecular weight is 367 g/mol. The van der Waals surface area contributed by atoms with E-state index in [1.54, 1.807) is 7.11 Å². The maximum atomic E-state index is 9.98. The largest absolute Gasteiger partial charge is 0.503 e. The number of furan rings is 1. The predicted molar refractivity (Wildman–Crippen MR) is 101 cm³/mol. The van der Waals surface area contributed by atoms with Gasteiger partial charge in [-0.3, -0.25) is 0 Å². The molecule has 1 saturated carbocycles. The van der Waals surface area contributed by atoms with Crippen molar-refractivity contribution in [2.75, 3.05) is 7.11 Å². The van der Waals surface area contributed by atoms with Crippen LogP contribution in [0, 0.1) is 11.3 Å². The van der Waals surface area contributed by atoms with Gasteiger partial charge in [0, 0.05) is 10.8 Å². The van der Waals surface area contributed by atoms with Crippen LogP contribution in [0.15, 0.2) is 40.8 Å². The standard InChI is InChI=1S/C20H19NO2.CH2O3/c1-22-17-10-9-15(20(13-21)11-5-2-6-12-20)18-14-7-3-4-8-16(14)23-19(17)18;2-1(3)4/h3-4,7-10H,2,5-6,11-12H2,1H3;(H2,2,3,4). The summed E-state index contributed by atoms with van der Waals surface area (Å²) in [5.41, 5.74) is 2.29. The first-order valence-corrected chi connectivity index (χ1v) is 8.84. The first-order valence-electron chi connectivity index (χ1n) is 8.84. The van der Waals surface area contributed by atoms with E-state index in [-0.39, 0.29) is 0 Å². The summed E-state index contributed by atoms with van der Waals surface area (Å²) in [5, 5.41) is 26.0. The van der Waals surface area contributed by atoms with E-state index in [0.29, 0.717) is 0 Å². The fourth-order valence-corrected chi connectivity index (χ4v) is 3.96. The third kappa shape index (κ3) is 3.41. The summed E-state index contributed by atoms with van der Waals surface area (Å²) in [6.07, 6.45) is 3.44. The zero-order valence-electron chi connectivity index (χ0n) is 15.1. The monoisotopic (exact) mass is 367 g/mol. The second-order valence-corrected chi connectivity index (χ2v) is 6.65. The second kappa shape index (κ2) is 7.58. The van der Waals surface area contributed by atoms with E-state index >= 15 is 0 Å². The van der Waals surface area contributed by atoms with Gasteiger partial charge in [-0.15, -0.1) is 0 Å². The molecule has 140 valence electrons. The minimum absolute atomic E-state index is 0.407. The van der Waals surface area contributed by atoms with E-state index in [2.05, 4.69) is 18.2 Å². The molecule has 1 aliphatic carbocycles. The van der Waals surface area contributed by atoms with Gasteiger partial charge in [-0.2, -0.15) is 5.26 Å². The number of benzene rings is 2. The quantitative estimate of drug-likeness (QED) is 0.616. The summed E-state index contributed by atoms with van der Waals surface area (Å²) in [6, 6.07) is 14.7. The number of carboxylic acid groups (broad SMARTS) is 2. The van der Waals surface area contributed by atoms with Gasteiger partial charge >= 0.3 is 6.16 Å². The van der Waals surface area contributed by atoms with Gasteiger partial charge in [-0.1, -0.05) is 43.5 Å². The number of hydrogen-bond acceptors (Lipinski definition) is 4. The van der Waals surface area contributed by atoms with Gasteiger partial charge < -0.3 is 19.4 Å². The highest BCUT2D eigenvalue weighted by molar-refractivity contribution is 6.09. The van der Waals surface area contributed by atoms with Gasteiger partial charge in [0.15, 0.2) is 11.3 Å². The Morgan fingerprint density at radius 3 is 2.44 bits per heavy atom. The lowest BCUT2D eigenvalue weighted by Gasteiger charge is -2.31. The van der Waals surface area contributed by atoms with Crippen molar-refractivity contribution in [1.29, 1.82) is 5.26 Å². The van der Waals surface area contributed by atoms with Crippen molar-refractivity contribution in [2.45, 2.75) is 37.5 Å². The molecule has 0 amide bonds. The summed E-state index contributed by atoms with van der Waals surface area (Å²) in [4.78, 5) is 8.56. The van der Waals surface area contributed by atoms with Crippen LogP contribution in [0.4, 0.5) is 4.79 Å². The van der Waals surface area contributed by atoms with Gasteiger partial charge in [-0.25, -0.2) is 4.79 Å². The number of para-hydroxylation sites is 1. The topological polar surface area (TPSA) is 104 Å². The molecular formula is C21H21NO5. The SMILES string of the molecule is COc1ccc(C2(C#N)CCCCC2)c2c1oc1ccccc12.O=C(O)O. The number of methoxy groups -OCH3 is 1. The fraction of sp³-hybridized carbons (Fsp3) is 0.333. The molecule has 4 rings (SSSR count). The van der Waals surface area contributed by atoms with Crippen molar-refractivity contribution in [2.24, 2.45) is 0 Å². The van der Waals surface area contributed by atoms with Crippen molar-refractivity contribution in [3.8, 4) is 11.8 Å². The smallest absolute Gasteiger partial charge is 0.493 e. The lowest BCUT2D eigenvalue weighted by molar-refractivity contribution is 0.137. The molecule has 1 aromatic heterocycles. The Labute approximate surface area is 156 Å². The molecule has 2 aromatic carbocycles. The molecule has 1 heterocycles. The normalized spacial score (nSPS) is 15.6. The first-order chi connectivity index (χ1) is 13.0. The van der Waals surface area contributed by atoms with Crippen LogP contribution in [0.3, 0.4) is 0 Å². The lowest BCUT2D eigenvalue weighted by Crippen LogP contribution is -2.27. The maximum absolute atomic E-state index is 9.98. The highest BCUT2D eigenvalue weighted by Gasteiger charge is 2.36. The van der Waals surface area contributed by atoms with Crippen LogP contribution >= 0.6 is 0 Å². The number of rotatable bonds is 2. The summed E-state index contributed by atoms with van der Waals surface area (Å²) >= 11 is 0. The predicted octanol–water partition coefficient (Wildman–Crippen LogP) is 5.54. The van der Waals surface area contributed by atoms with E-state index in [4.69, 9.17) is 24.2 Å². The highest BCUT2D eigenvalue weighted by Crippen LogP contribution is 2.46. The molecule has 0 radical (unpaired) electrons. The van der Waals surface area contributed by atoms with Crippen molar-refractivity contribution >= 4 is 28.1 Å². The number of nitriles is 1. The van der Waals surface area contributed by atoms with Crippen LogP contribution in [-0.2, 0) is 5.41 Å². The van der Waals surface area contributed by atoms with Crippen LogP contribution in [0.1, 0.15) is 37.7 Å². The third-order valence-electron chi connectivity index (χ3n) is 5.15. The molecule has 3 aromatic rings. The number of hydrogen-bond donors (Lipinski definition) is 2. The van der Waals surface area contributed by atoms with Crippen LogP contribution in [0.2, 0.25) is 0 Å². The van der Waals surface area contributed by atoms with Gasteiger partial charge in [-0.05, 0) is 30.5 Å². The number of nitrogens with zero attached hydrogens (tertiary/aromatic N) is 1. The Morgan fingerprint density at radius 1 is 1.15 bits per heavy atom. The minimum atomic E-state index is -1.83. The highest BCUT2D eigenvalue weighted by atomic mass is 16.6. The summed E-state index contributed by atoms with van der Waals surface area (Å²) in [6.45, 7) is 0. The van der Waals surface area contributed by atoms with E-state index in [1.807, 2.05) is 24.3 Å². The molecular weight excluding hydrogens is 346 g/mol. The van der Waals surface area contributed by atoms with Crippen LogP contribution in [-0.4, -0.2) is 23.5 Å². The number of fused-ring (bicyclic) bond motifs is 3. The van der Waals surface area contributed by atoms with Gasteiger partial charge in [0.2, 0.25) is 0 Å². The second-order valence-electron chi connectivity index (χ2n) is 6.65. The molecule has 1 aliphatic rings. The van der Waals surface area contributed by atoms with Crippen molar-refractivity contribution in [3.63, 3.8) is 0 Å². The summed E-state index contributed by atoms with van der Waals surface area (Å²) in [5.74, 6) is 0.726. The van der Waals surface area contributed by atoms with Gasteiger partial charge in [0.1, 0.15) is 5.58 Å². The van der Waals surface area contributed by atoms with Crippen LogP contribution < -0.4 is 4.74 Å². The maximum Gasteiger partial charge on any atom is 0.503 e. The molecule has 0 unspecified atom stereocenters. The molecule has 0 bridgehead atoms. The molecule has 0 atom stereocenters. The number of ether oxygens (including phenoxy) is 1. The Morgan fingerprint density at radius 2 is 1.81 bits per heavy atom. The van der Waals surface area contributed by atoms with Crippen molar-refractivity contribution in [3.05, 3.63) is 42.0 Å². The molecule has 6 nitrogen and oxygen atoms in total. The van der Waals surface area contributed by atoms with E-state index in [0.717, 1.165) is 58.9 Å². The van der Waals surface area contributed by atoms with Crippen LogP contribution in [0.25, 0.3) is 21.9 Å². The van der Waals surface area contributed by atoms with E-state index in [1.165, 1.54) is 6.42 Å². The Balaban J connectivity index is 0.000000481. The van der Waals surface area contributed by atoms with Crippen molar-refractivity contribution < 1.29 is 24.2 Å². The van der Waals surface area contributed by atoms with E-state index in [9.17, 15) is 5.26 Å². The van der Waals surface area contributed by atoms with Gasteiger partial charge in [0.05, 0.1) is 18.6 Å². The Hall–Kier alpha value is -3.20. The van der Waals surface area contributed by atoms with E-state index < -0.39 is 11.6 Å². The Bertz CT molecular complexity index is 1000. The molecule has 2 N–H and O–H groups in total. The lowest BCUT2D eigenvalue weighted by atomic mass is 9.69. The molecule has 0 saturated heterocycles. The number of carbonyl (C=O) groups is 1. The van der Waals surface area contributed by atoms with Crippen LogP contribution in [0.5, 0.6) is 5.75 Å². The molecule has 6 heteroatoms. The molecule has 0 aliphatic heterocycles. The summed E-state index contributed by atoms with van der Waals surface area (Å²) < 4.78 is 11.6. The zero-order chi connectivity index (χ0) is 19.4. The first kappa shape index (κ1) is 18.6. The van der Waals surface area contributed by atoms with Gasteiger partial charge in [0.25, 0.3) is 0 Å². The molecule has 0 spiro atoms. The Kier molecular flexibility index (Phi) is 5.22. The fourth-order valence-electron chi connectivity index (χ4n) is 3.96. The molecule has 1 fully saturated rings.